The van der Waals surface area contributed by atoms with E-state index in [0.717, 1.165) is 62.0 Å². The molecule has 0 unspecified atom stereocenters. The molecule has 2 rings (SSSR count). The van der Waals surface area contributed by atoms with Gasteiger partial charge in [0.15, 0.2) is 0 Å². The quantitative estimate of drug-likeness (QED) is 0.0359. The number of benzene rings is 2. The van der Waals surface area contributed by atoms with E-state index >= 15 is 0 Å². The minimum absolute atomic E-state index is 0. The number of hydrogen-bond donors (Lipinski definition) is 0. The van der Waals surface area contributed by atoms with Gasteiger partial charge in [0.2, 0.25) is 0 Å². The van der Waals surface area contributed by atoms with Crippen molar-refractivity contribution in [2.45, 2.75) is 324 Å². The van der Waals surface area contributed by atoms with Crippen LogP contribution >= 0.6 is 0 Å². The summed E-state index contributed by atoms with van der Waals surface area (Å²) >= 11 is 0. The molecule has 3 heteroatoms. The molecule has 0 N–H and O–H groups in total. The van der Waals surface area contributed by atoms with E-state index in [0.29, 0.717) is 0 Å². The molecule has 2 aromatic carbocycles. The third-order valence-electron chi connectivity index (χ3n) is 14.4. The number of allylic oxidation sites excluding steroid dienone is 2. The molecule has 0 saturated carbocycles. The third kappa shape index (κ3) is 36.6. The summed E-state index contributed by atoms with van der Waals surface area (Å²) in [6, 6.07) is 14.6. The number of unbranched alkanes of at least 4 members (excludes halogenated alkanes) is 33. The Hall–Kier alpha value is -1.99. The summed E-state index contributed by atoms with van der Waals surface area (Å²) in [7, 11) is 0. The second kappa shape index (κ2) is 48.3. The zero-order chi connectivity index (χ0) is 48.8. The molecule has 0 saturated heterocycles. The van der Waals surface area contributed by atoms with Gasteiger partial charge in [0.1, 0.15) is 0 Å². The molecule has 0 atom stereocenters. The summed E-state index contributed by atoms with van der Waals surface area (Å²) in [5.41, 5.74) is 10.4. The van der Waals surface area contributed by atoms with Crippen molar-refractivity contribution in [2.24, 2.45) is 9.98 Å². The number of aryl methyl sites for hydroxylation is 4. The van der Waals surface area contributed by atoms with Crippen LogP contribution in [-0.2, 0) is 42.2 Å². The van der Waals surface area contributed by atoms with Crippen LogP contribution in [0.4, 0.5) is 11.4 Å². The van der Waals surface area contributed by atoms with Gasteiger partial charge in [-0.3, -0.25) is 4.99 Å². The van der Waals surface area contributed by atoms with Gasteiger partial charge >= 0.3 is 0 Å². The minimum atomic E-state index is 0. The smallest absolute Gasteiger partial charge is 0.0848 e. The minimum Gasteiger partial charge on any atom is -0.251 e. The SMILES string of the molecule is CCCC=CC(=Nc1cc(CCCCC)cc(CCCCC)c1)C(CCCCCCCCCCCCCCCCCCCCCCCCCCC)=Nc1cc(CCCCC)cc(CCCCC)c1.[Ni]. The predicted molar refractivity (Wildman–Crippen MR) is 310 cm³/mol. The molecule has 2 nitrogen and oxygen atoms in total. The first-order valence-electron chi connectivity index (χ1n) is 30.6. The molecule has 0 aromatic heterocycles. The molecule has 0 radical (unpaired) electrons. The van der Waals surface area contributed by atoms with Crippen LogP contribution in [0.3, 0.4) is 0 Å². The zero-order valence-electron chi connectivity index (χ0n) is 46.9. The van der Waals surface area contributed by atoms with Crippen LogP contribution in [0, 0.1) is 0 Å². The Morgan fingerprint density at radius 2 is 0.594 bits per heavy atom. The maximum absolute atomic E-state index is 5.64. The molecule has 69 heavy (non-hydrogen) atoms. The van der Waals surface area contributed by atoms with Crippen molar-refractivity contribution in [1.29, 1.82) is 0 Å². The van der Waals surface area contributed by atoms with Gasteiger partial charge in [0.05, 0.1) is 22.8 Å². The molecule has 0 bridgehead atoms. The van der Waals surface area contributed by atoms with Crippen LogP contribution in [0.25, 0.3) is 0 Å². The molecular formula is C66H114N2Ni. The van der Waals surface area contributed by atoms with Crippen molar-refractivity contribution in [1.82, 2.24) is 0 Å². The standard InChI is InChI=1S/C66H114N2.Ni/c1-7-13-19-20-21-22-23-24-25-26-27-28-29-30-31-32-33-34-35-36-37-38-39-40-46-52-66(68-64-57-61(49-43-16-10-4)54-62(58-64)50-44-17-11-5)65(51-45-18-12-6)67-63-55-59(47-41-14-8-2)53-60(56-63)48-42-15-9-3;/h45,51,53-58H,7-44,46-50,52H2,1-6H3;. The molecule has 0 amide bonds. The van der Waals surface area contributed by atoms with Crippen LogP contribution in [0.15, 0.2) is 58.5 Å². The fourth-order valence-electron chi connectivity index (χ4n) is 10.0. The average molecular weight is 994 g/mol. The van der Waals surface area contributed by atoms with E-state index in [4.69, 9.17) is 9.98 Å². The van der Waals surface area contributed by atoms with Gasteiger partial charge in [-0.25, -0.2) is 4.99 Å². The molecule has 0 spiro atoms. The van der Waals surface area contributed by atoms with Gasteiger partial charge in [-0.15, -0.1) is 0 Å². The molecular weight excluding hydrogens is 879 g/mol. The van der Waals surface area contributed by atoms with Gasteiger partial charge in [0, 0.05) is 16.5 Å². The molecule has 2 aromatic rings. The monoisotopic (exact) mass is 993 g/mol. The van der Waals surface area contributed by atoms with E-state index in [1.165, 1.54) is 266 Å². The summed E-state index contributed by atoms with van der Waals surface area (Å²) in [5.74, 6) is 0. The average Bonchev–Trinajstić information content (AvgIpc) is 3.33. The number of rotatable bonds is 48. The summed E-state index contributed by atoms with van der Waals surface area (Å²) in [4.78, 5) is 11.2. The molecule has 0 aliphatic heterocycles. The number of aliphatic imine (C=N–C) groups is 2. The van der Waals surface area contributed by atoms with Crippen LogP contribution in [0.2, 0.25) is 0 Å². The van der Waals surface area contributed by atoms with E-state index in [1.807, 2.05) is 0 Å². The number of hydrogen-bond acceptors (Lipinski definition) is 2. The van der Waals surface area contributed by atoms with Gasteiger partial charge in [-0.2, -0.15) is 0 Å². The van der Waals surface area contributed by atoms with Gasteiger partial charge in [-0.05, 0) is 123 Å². The van der Waals surface area contributed by atoms with E-state index in [-0.39, 0.29) is 16.5 Å². The van der Waals surface area contributed by atoms with Crippen LogP contribution < -0.4 is 0 Å². The van der Waals surface area contributed by atoms with Crippen molar-refractivity contribution in [3.63, 3.8) is 0 Å². The Bertz CT molecular complexity index is 1480. The van der Waals surface area contributed by atoms with E-state index in [1.54, 1.807) is 0 Å². The van der Waals surface area contributed by atoms with Crippen molar-refractivity contribution in [2.75, 3.05) is 0 Å². The zero-order valence-corrected chi connectivity index (χ0v) is 47.9. The van der Waals surface area contributed by atoms with Gasteiger partial charge in [-0.1, -0.05) is 272 Å². The first kappa shape index (κ1) is 65.0. The summed E-state index contributed by atoms with van der Waals surface area (Å²) < 4.78 is 0. The molecule has 0 aliphatic rings. The van der Waals surface area contributed by atoms with Gasteiger partial charge < -0.3 is 0 Å². The topological polar surface area (TPSA) is 24.7 Å². The summed E-state index contributed by atoms with van der Waals surface area (Å²) in [5, 5.41) is 0. The van der Waals surface area contributed by atoms with E-state index in [9.17, 15) is 0 Å². The van der Waals surface area contributed by atoms with Crippen molar-refractivity contribution in [3.8, 4) is 0 Å². The molecule has 0 fully saturated rings. The molecule has 0 aliphatic carbocycles. The second-order valence-corrected chi connectivity index (χ2v) is 21.3. The predicted octanol–water partition coefficient (Wildman–Crippen LogP) is 23.0. The third-order valence-corrected chi connectivity index (χ3v) is 14.4. The van der Waals surface area contributed by atoms with Gasteiger partial charge in [0.25, 0.3) is 0 Å². The Morgan fingerprint density at radius 1 is 0.319 bits per heavy atom. The van der Waals surface area contributed by atoms with E-state index in [2.05, 4.69) is 90.1 Å². The largest absolute Gasteiger partial charge is 0.251 e. The van der Waals surface area contributed by atoms with Crippen molar-refractivity contribution >= 4 is 22.8 Å². The molecule has 0 heterocycles. The summed E-state index contributed by atoms with van der Waals surface area (Å²) in [6.45, 7) is 13.8. The fourth-order valence-corrected chi connectivity index (χ4v) is 10.0. The second-order valence-electron chi connectivity index (χ2n) is 21.3. The Labute approximate surface area is 441 Å². The first-order chi connectivity index (χ1) is 33.6. The Balaban J connectivity index is 0.0000238. The van der Waals surface area contributed by atoms with Crippen molar-refractivity contribution in [3.05, 3.63) is 70.8 Å². The normalized spacial score (nSPS) is 12.1. The fraction of sp³-hybridized carbons (Fsp3) is 0.758. The number of nitrogens with zero attached hydrogens (tertiary/aromatic N) is 2. The Kier molecular flexibility index (Phi) is 45.5. The van der Waals surface area contributed by atoms with Crippen LogP contribution in [0.5, 0.6) is 0 Å². The van der Waals surface area contributed by atoms with E-state index < -0.39 is 0 Å². The maximum atomic E-state index is 5.64. The van der Waals surface area contributed by atoms with Crippen LogP contribution in [0.1, 0.15) is 321 Å². The molecule has 398 valence electrons. The first-order valence-corrected chi connectivity index (χ1v) is 30.6. The Morgan fingerprint density at radius 3 is 0.899 bits per heavy atom. The van der Waals surface area contributed by atoms with Crippen molar-refractivity contribution < 1.29 is 16.5 Å². The maximum Gasteiger partial charge on any atom is 0.0848 e. The van der Waals surface area contributed by atoms with Crippen LogP contribution in [-0.4, -0.2) is 11.4 Å². The summed E-state index contributed by atoms with van der Waals surface area (Å²) in [6.07, 6.45) is 63.3.